The molecular weight excluding hydrogens is 282 g/mol. The number of amides is 2. The van der Waals surface area contributed by atoms with E-state index in [4.69, 9.17) is 9.26 Å². The van der Waals surface area contributed by atoms with Gasteiger partial charge < -0.3 is 19.5 Å². The van der Waals surface area contributed by atoms with Crippen molar-refractivity contribution in [2.24, 2.45) is 5.92 Å². The van der Waals surface area contributed by atoms with Crippen molar-refractivity contribution in [1.29, 1.82) is 0 Å². The van der Waals surface area contributed by atoms with Crippen molar-refractivity contribution in [2.45, 2.75) is 53.2 Å². The molecule has 0 saturated carbocycles. The van der Waals surface area contributed by atoms with E-state index in [0.29, 0.717) is 12.5 Å². The molecule has 2 rings (SSSR count). The average Bonchev–Trinajstić information content (AvgIpc) is 3.03. The van der Waals surface area contributed by atoms with E-state index in [1.165, 1.54) is 0 Å². The second-order valence-corrected chi connectivity index (χ2v) is 6.49. The summed E-state index contributed by atoms with van der Waals surface area (Å²) in [7, 11) is 0. The molecule has 1 aliphatic rings. The van der Waals surface area contributed by atoms with Gasteiger partial charge in [0, 0.05) is 25.3 Å². The summed E-state index contributed by atoms with van der Waals surface area (Å²) >= 11 is 0. The van der Waals surface area contributed by atoms with Crippen LogP contribution in [-0.4, -0.2) is 41.9 Å². The molecule has 0 radical (unpaired) electrons. The Morgan fingerprint density at radius 1 is 1.45 bits per heavy atom. The first kappa shape index (κ1) is 16.8. The van der Waals surface area contributed by atoms with E-state index in [0.717, 1.165) is 36.6 Å². The summed E-state index contributed by atoms with van der Waals surface area (Å²) in [4.78, 5) is 14.2. The molecule has 0 aliphatic carbocycles. The topological polar surface area (TPSA) is 67.6 Å². The van der Waals surface area contributed by atoms with Gasteiger partial charge in [-0.3, -0.25) is 0 Å². The van der Waals surface area contributed by atoms with Gasteiger partial charge >= 0.3 is 6.03 Å². The van der Waals surface area contributed by atoms with Crippen molar-refractivity contribution >= 4 is 6.03 Å². The first-order chi connectivity index (χ1) is 10.4. The molecule has 1 fully saturated rings. The van der Waals surface area contributed by atoms with Crippen molar-refractivity contribution in [2.75, 3.05) is 19.7 Å². The Labute approximate surface area is 132 Å². The van der Waals surface area contributed by atoms with Gasteiger partial charge in [-0.1, -0.05) is 19.0 Å². The van der Waals surface area contributed by atoms with Gasteiger partial charge in [-0.2, -0.15) is 0 Å². The Balaban J connectivity index is 1.85. The van der Waals surface area contributed by atoms with Gasteiger partial charge in [0.05, 0.1) is 17.8 Å². The van der Waals surface area contributed by atoms with Crippen molar-refractivity contribution in [3.05, 3.63) is 17.0 Å². The molecule has 2 atom stereocenters. The summed E-state index contributed by atoms with van der Waals surface area (Å²) in [5.41, 5.74) is 1.78. The summed E-state index contributed by atoms with van der Waals surface area (Å²) in [6.07, 6.45) is 1.06. The lowest BCUT2D eigenvalue weighted by atomic mass is 10.1. The Morgan fingerprint density at radius 2 is 2.18 bits per heavy atom. The Kier molecular flexibility index (Phi) is 5.45. The molecule has 0 bridgehead atoms. The number of aromatic nitrogens is 1. The third-order valence-electron chi connectivity index (χ3n) is 3.96. The fourth-order valence-corrected chi connectivity index (χ4v) is 2.83. The quantitative estimate of drug-likeness (QED) is 0.908. The number of ether oxygens (including phenoxy) is 1. The highest BCUT2D eigenvalue weighted by Crippen LogP contribution is 2.22. The van der Waals surface area contributed by atoms with Gasteiger partial charge in [0.2, 0.25) is 0 Å². The summed E-state index contributed by atoms with van der Waals surface area (Å²) < 4.78 is 11.0. The van der Waals surface area contributed by atoms with Crippen LogP contribution in [0.1, 0.15) is 50.3 Å². The van der Waals surface area contributed by atoms with Crippen LogP contribution in [0.4, 0.5) is 4.79 Å². The zero-order valence-corrected chi connectivity index (χ0v) is 14.2. The minimum atomic E-state index is -0.116. The van der Waals surface area contributed by atoms with E-state index in [1.807, 2.05) is 25.7 Å². The smallest absolute Gasteiger partial charge is 0.317 e. The summed E-state index contributed by atoms with van der Waals surface area (Å²) in [5, 5.41) is 6.96. The molecule has 124 valence electrons. The fourth-order valence-electron chi connectivity index (χ4n) is 2.83. The maximum Gasteiger partial charge on any atom is 0.317 e. The van der Waals surface area contributed by atoms with Crippen molar-refractivity contribution in [3.8, 4) is 0 Å². The SMILES string of the molecule is Cc1noc(C)c1[C@@H](C)NC(=O)N1CC[C@@H](OCC(C)C)C1. The number of carbonyl (C=O) groups excluding carboxylic acids is 1. The number of nitrogens with zero attached hydrogens (tertiary/aromatic N) is 2. The van der Waals surface area contributed by atoms with Gasteiger partial charge in [-0.15, -0.1) is 0 Å². The minimum Gasteiger partial charge on any atom is -0.376 e. The highest BCUT2D eigenvalue weighted by Gasteiger charge is 2.28. The number of nitrogens with one attached hydrogen (secondary N) is 1. The number of aryl methyl sites for hydroxylation is 2. The normalized spacial score (nSPS) is 19.7. The molecule has 1 N–H and O–H groups in total. The van der Waals surface area contributed by atoms with Crippen LogP contribution in [0.3, 0.4) is 0 Å². The van der Waals surface area contributed by atoms with Crippen LogP contribution in [0.2, 0.25) is 0 Å². The molecule has 6 nitrogen and oxygen atoms in total. The second-order valence-electron chi connectivity index (χ2n) is 6.49. The molecule has 1 aliphatic heterocycles. The molecule has 1 aromatic heterocycles. The van der Waals surface area contributed by atoms with Gasteiger partial charge in [0.25, 0.3) is 0 Å². The zero-order valence-electron chi connectivity index (χ0n) is 14.2. The first-order valence-corrected chi connectivity index (χ1v) is 7.98. The zero-order chi connectivity index (χ0) is 16.3. The molecule has 2 heterocycles. The summed E-state index contributed by atoms with van der Waals surface area (Å²) in [6.45, 7) is 12.1. The lowest BCUT2D eigenvalue weighted by Crippen LogP contribution is -2.40. The van der Waals surface area contributed by atoms with Crippen LogP contribution in [0.25, 0.3) is 0 Å². The third-order valence-corrected chi connectivity index (χ3v) is 3.96. The maximum atomic E-state index is 12.4. The van der Waals surface area contributed by atoms with Gasteiger partial charge in [-0.25, -0.2) is 4.79 Å². The molecule has 22 heavy (non-hydrogen) atoms. The summed E-state index contributed by atoms with van der Waals surface area (Å²) in [5.74, 6) is 1.27. The Morgan fingerprint density at radius 3 is 2.77 bits per heavy atom. The van der Waals surface area contributed by atoms with Crippen LogP contribution in [-0.2, 0) is 4.74 Å². The van der Waals surface area contributed by atoms with Crippen LogP contribution in [0.15, 0.2) is 4.52 Å². The predicted molar refractivity (Wildman–Crippen MR) is 83.7 cm³/mol. The molecule has 0 spiro atoms. The number of likely N-dealkylation sites (tertiary alicyclic amines) is 1. The lowest BCUT2D eigenvalue weighted by Gasteiger charge is -2.21. The highest BCUT2D eigenvalue weighted by atomic mass is 16.5. The van der Waals surface area contributed by atoms with Crippen LogP contribution in [0, 0.1) is 19.8 Å². The molecule has 1 saturated heterocycles. The van der Waals surface area contributed by atoms with E-state index in [1.54, 1.807) is 0 Å². The average molecular weight is 309 g/mol. The number of urea groups is 1. The Hall–Kier alpha value is -1.56. The fraction of sp³-hybridized carbons (Fsp3) is 0.750. The minimum absolute atomic E-state index is 0.0526. The van der Waals surface area contributed by atoms with E-state index in [-0.39, 0.29) is 18.2 Å². The monoisotopic (exact) mass is 309 g/mol. The summed E-state index contributed by atoms with van der Waals surface area (Å²) in [6, 6.07) is -0.169. The molecule has 0 aromatic carbocycles. The van der Waals surface area contributed by atoms with Gasteiger partial charge in [0.1, 0.15) is 5.76 Å². The largest absolute Gasteiger partial charge is 0.376 e. The molecule has 6 heteroatoms. The van der Waals surface area contributed by atoms with Crippen molar-refractivity contribution < 1.29 is 14.1 Å². The van der Waals surface area contributed by atoms with Gasteiger partial charge in [0.15, 0.2) is 0 Å². The van der Waals surface area contributed by atoms with E-state index < -0.39 is 0 Å². The van der Waals surface area contributed by atoms with E-state index in [2.05, 4.69) is 24.3 Å². The van der Waals surface area contributed by atoms with Crippen molar-refractivity contribution in [3.63, 3.8) is 0 Å². The van der Waals surface area contributed by atoms with Gasteiger partial charge in [-0.05, 0) is 33.1 Å². The Bertz CT molecular complexity index is 493. The van der Waals surface area contributed by atoms with Crippen molar-refractivity contribution in [1.82, 2.24) is 15.4 Å². The van der Waals surface area contributed by atoms with E-state index >= 15 is 0 Å². The van der Waals surface area contributed by atoms with Crippen LogP contribution < -0.4 is 5.32 Å². The standard InChI is InChI=1S/C16H27N3O3/c1-10(2)9-21-14-6-7-19(8-14)16(20)17-11(3)15-12(4)18-22-13(15)5/h10-11,14H,6-9H2,1-5H3,(H,17,20)/t11-,14-/m1/s1. The predicted octanol–water partition coefficient (Wildman–Crippen LogP) is 2.81. The number of hydrogen-bond acceptors (Lipinski definition) is 4. The van der Waals surface area contributed by atoms with Crippen LogP contribution >= 0.6 is 0 Å². The maximum absolute atomic E-state index is 12.4. The lowest BCUT2D eigenvalue weighted by molar-refractivity contribution is 0.0435. The molecule has 0 unspecified atom stereocenters. The highest BCUT2D eigenvalue weighted by molar-refractivity contribution is 5.75. The number of carbonyl (C=O) groups is 1. The molecule has 1 aromatic rings. The second kappa shape index (κ2) is 7.13. The number of rotatable bonds is 5. The molecular formula is C16H27N3O3. The third kappa shape index (κ3) is 4.00. The first-order valence-electron chi connectivity index (χ1n) is 7.98. The number of hydrogen-bond donors (Lipinski definition) is 1. The van der Waals surface area contributed by atoms with Crippen LogP contribution in [0.5, 0.6) is 0 Å². The van der Waals surface area contributed by atoms with E-state index in [9.17, 15) is 4.79 Å². The molecule has 2 amide bonds.